The van der Waals surface area contributed by atoms with Gasteiger partial charge in [-0.25, -0.2) is 0 Å². The van der Waals surface area contributed by atoms with E-state index >= 15 is 0 Å². The molecule has 2 aromatic carbocycles. The number of methoxy groups -OCH3 is 2. The first-order valence-electron chi connectivity index (χ1n) is 6.68. The van der Waals surface area contributed by atoms with Gasteiger partial charge in [0.25, 0.3) is 0 Å². The van der Waals surface area contributed by atoms with Gasteiger partial charge in [0.15, 0.2) is 5.43 Å². The van der Waals surface area contributed by atoms with Crippen LogP contribution in [-0.4, -0.2) is 14.2 Å². The predicted octanol–water partition coefficient (Wildman–Crippen LogP) is 3.06. The van der Waals surface area contributed by atoms with Crippen molar-refractivity contribution in [1.29, 1.82) is 0 Å². The van der Waals surface area contributed by atoms with Gasteiger partial charge in [0.2, 0.25) is 0 Å². The lowest BCUT2D eigenvalue weighted by Gasteiger charge is -2.08. The van der Waals surface area contributed by atoms with Gasteiger partial charge in [0, 0.05) is 11.6 Å². The van der Waals surface area contributed by atoms with Crippen LogP contribution in [-0.2, 0) is 0 Å². The lowest BCUT2D eigenvalue weighted by Crippen LogP contribution is -2.01. The highest BCUT2D eigenvalue weighted by atomic mass is 16.5. The van der Waals surface area contributed by atoms with Crippen LogP contribution in [0.2, 0.25) is 0 Å². The van der Waals surface area contributed by atoms with E-state index in [-0.39, 0.29) is 5.43 Å². The summed E-state index contributed by atoms with van der Waals surface area (Å²) in [6, 6.07) is 11.8. The zero-order valence-corrected chi connectivity index (χ0v) is 12.3. The van der Waals surface area contributed by atoms with Crippen LogP contribution in [0.3, 0.4) is 0 Å². The zero-order chi connectivity index (χ0) is 15.7. The minimum Gasteiger partial charge on any atom is -0.497 e. The van der Waals surface area contributed by atoms with Crippen molar-refractivity contribution in [2.45, 2.75) is 0 Å². The lowest BCUT2D eigenvalue weighted by molar-refractivity contribution is 0.415. The molecular formula is C17H15NO4. The SMILES string of the molecule is COc1ccc2oc(-c3ccc(OC)c(N)c3)cc(=O)c2c1. The van der Waals surface area contributed by atoms with Crippen LogP contribution in [0.1, 0.15) is 0 Å². The minimum atomic E-state index is -0.135. The third-order valence-electron chi connectivity index (χ3n) is 3.45. The van der Waals surface area contributed by atoms with Gasteiger partial charge in [0.05, 0.1) is 25.3 Å². The highest BCUT2D eigenvalue weighted by Crippen LogP contribution is 2.29. The van der Waals surface area contributed by atoms with Crippen LogP contribution >= 0.6 is 0 Å². The quantitative estimate of drug-likeness (QED) is 0.752. The van der Waals surface area contributed by atoms with Gasteiger partial charge in [-0.3, -0.25) is 4.79 Å². The summed E-state index contributed by atoms with van der Waals surface area (Å²) in [5.74, 6) is 1.65. The van der Waals surface area contributed by atoms with Crippen LogP contribution in [0.25, 0.3) is 22.3 Å². The minimum absolute atomic E-state index is 0.135. The molecule has 3 aromatic rings. The first kappa shape index (κ1) is 14.0. The lowest BCUT2D eigenvalue weighted by atomic mass is 10.1. The molecule has 0 unspecified atom stereocenters. The Bertz CT molecular complexity index is 899. The van der Waals surface area contributed by atoms with Crippen molar-refractivity contribution >= 4 is 16.7 Å². The highest BCUT2D eigenvalue weighted by molar-refractivity contribution is 5.80. The van der Waals surface area contributed by atoms with Crippen molar-refractivity contribution in [2.75, 3.05) is 20.0 Å². The number of anilines is 1. The van der Waals surface area contributed by atoms with E-state index in [1.807, 2.05) is 0 Å². The summed E-state index contributed by atoms with van der Waals surface area (Å²) in [4.78, 5) is 12.3. The maximum atomic E-state index is 12.3. The Kier molecular flexibility index (Phi) is 3.47. The summed E-state index contributed by atoms with van der Waals surface area (Å²) in [6.07, 6.45) is 0. The Morgan fingerprint density at radius 2 is 1.82 bits per heavy atom. The molecule has 3 rings (SSSR count). The van der Waals surface area contributed by atoms with E-state index < -0.39 is 0 Å². The number of nitrogen functional groups attached to an aromatic ring is 1. The van der Waals surface area contributed by atoms with Crippen molar-refractivity contribution in [2.24, 2.45) is 0 Å². The topological polar surface area (TPSA) is 74.7 Å². The second-order valence-electron chi connectivity index (χ2n) is 4.79. The second-order valence-corrected chi connectivity index (χ2v) is 4.79. The maximum Gasteiger partial charge on any atom is 0.193 e. The molecule has 1 aromatic heterocycles. The zero-order valence-electron chi connectivity index (χ0n) is 12.3. The molecule has 0 aliphatic heterocycles. The monoisotopic (exact) mass is 297 g/mol. The Morgan fingerprint density at radius 1 is 1.00 bits per heavy atom. The fourth-order valence-electron chi connectivity index (χ4n) is 2.29. The molecule has 5 heteroatoms. The first-order valence-corrected chi connectivity index (χ1v) is 6.68. The number of hydrogen-bond donors (Lipinski definition) is 1. The smallest absolute Gasteiger partial charge is 0.193 e. The molecular weight excluding hydrogens is 282 g/mol. The van der Waals surface area contributed by atoms with Crippen LogP contribution in [0.4, 0.5) is 5.69 Å². The average molecular weight is 297 g/mol. The number of rotatable bonds is 3. The van der Waals surface area contributed by atoms with Gasteiger partial charge < -0.3 is 19.6 Å². The third-order valence-corrected chi connectivity index (χ3v) is 3.45. The van der Waals surface area contributed by atoms with Crippen LogP contribution in [0.15, 0.2) is 51.7 Å². The number of benzene rings is 2. The molecule has 5 nitrogen and oxygen atoms in total. The highest BCUT2D eigenvalue weighted by Gasteiger charge is 2.10. The van der Waals surface area contributed by atoms with Crippen molar-refractivity contribution < 1.29 is 13.9 Å². The Labute approximate surface area is 126 Å². The Hall–Kier alpha value is -2.95. The molecule has 2 N–H and O–H groups in total. The van der Waals surface area contributed by atoms with E-state index in [1.165, 1.54) is 6.07 Å². The number of nitrogens with two attached hydrogens (primary N) is 1. The molecule has 0 aliphatic rings. The molecule has 0 amide bonds. The van der Waals surface area contributed by atoms with Crippen molar-refractivity contribution in [3.05, 3.63) is 52.7 Å². The molecule has 0 aliphatic carbocycles. The van der Waals surface area contributed by atoms with E-state index in [0.29, 0.717) is 39.5 Å². The summed E-state index contributed by atoms with van der Waals surface area (Å²) >= 11 is 0. The van der Waals surface area contributed by atoms with Crippen molar-refractivity contribution in [1.82, 2.24) is 0 Å². The molecule has 0 saturated carbocycles. The van der Waals surface area contributed by atoms with Crippen LogP contribution in [0.5, 0.6) is 11.5 Å². The van der Waals surface area contributed by atoms with E-state index in [2.05, 4.69) is 0 Å². The first-order chi connectivity index (χ1) is 10.6. The molecule has 0 spiro atoms. The van der Waals surface area contributed by atoms with E-state index in [0.717, 1.165) is 0 Å². The molecule has 0 bridgehead atoms. The van der Waals surface area contributed by atoms with E-state index in [9.17, 15) is 4.79 Å². The summed E-state index contributed by atoms with van der Waals surface area (Å²) in [6.45, 7) is 0. The summed E-state index contributed by atoms with van der Waals surface area (Å²) in [5, 5.41) is 0.476. The van der Waals surface area contributed by atoms with Crippen molar-refractivity contribution in [3.8, 4) is 22.8 Å². The number of fused-ring (bicyclic) bond motifs is 1. The number of ether oxygens (including phenoxy) is 2. The normalized spacial score (nSPS) is 10.6. The third kappa shape index (κ3) is 2.37. The summed E-state index contributed by atoms with van der Waals surface area (Å²) < 4.78 is 16.1. The predicted molar refractivity (Wildman–Crippen MR) is 85.4 cm³/mol. The Morgan fingerprint density at radius 3 is 2.50 bits per heavy atom. The standard InChI is InChI=1S/C17H15NO4/c1-20-11-4-6-15-12(8-11)14(19)9-17(22-15)10-3-5-16(21-2)13(18)7-10/h3-9H,18H2,1-2H3. The van der Waals surface area contributed by atoms with Gasteiger partial charge >= 0.3 is 0 Å². The summed E-state index contributed by atoms with van der Waals surface area (Å²) in [5.41, 5.74) is 7.46. The fraction of sp³-hybridized carbons (Fsp3) is 0.118. The molecule has 0 atom stereocenters. The largest absolute Gasteiger partial charge is 0.497 e. The van der Waals surface area contributed by atoms with Crippen LogP contribution in [0, 0.1) is 0 Å². The maximum absolute atomic E-state index is 12.3. The van der Waals surface area contributed by atoms with Gasteiger partial charge in [-0.1, -0.05) is 0 Å². The molecule has 112 valence electrons. The van der Waals surface area contributed by atoms with Crippen molar-refractivity contribution in [3.63, 3.8) is 0 Å². The molecule has 22 heavy (non-hydrogen) atoms. The Balaban J connectivity index is 2.16. The number of hydrogen-bond acceptors (Lipinski definition) is 5. The van der Waals surface area contributed by atoms with Gasteiger partial charge in [0.1, 0.15) is 22.8 Å². The summed E-state index contributed by atoms with van der Waals surface area (Å²) in [7, 11) is 3.10. The van der Waals surface area contributed by atoms with Gasteiger partial charge in [-0.2, -0.15) is 0 Å². The van der Waals surface area contributed by atoms with E-state index in [1.54, 1.807) is 50.6 Å². The van der Waals surface area contributed by atoms with Gasteiger partial charge in [-0.05, 0) is 36.4 Å². The molecule has 0 saturated heterocycles. The molecule has 0 fully saturated rings. The fourth-order valence-corrected chi connectivity index (χ4v) is 2.29. The van der Waals surface area contributed by atoms with Crippen LogP contribution < -0.4 is 20.6 Å². The second kappa shape index (κ2) is 5.44. The molecule has 0 radical (unpaired) electrons. The van der Waals surface area contributed by atoms with E-state index in [4.69, 9.17) is 19.6 Å². The average Bonchev–Trinajstić information content (AvgIpc) is 2.54. The molecule has 1 heterocycles. The van der Waals surface area contributed by atoms with Gasteiger partial charge in [-0.15, -0.1) is 0 Å².